The maximum Gasteiger partial charge on any atom is 0.194 e. The van der Waals surface area contributed by atoms with E-state index in [2.05, 4.69) is 90.6 Å². The first kappa shape index (κ1) is 18.5. The van der Waals surface area contributed by atoms with E-state index in [1.807, 2.05) is 0 Å². The van der Waals surface area contributed by atoms with Crippen molar-refractivity contribution in [1.82, 2.24) is 19.7 Å². The van der Waals surface area contributed by atoms with Crippen LogP contribution in [0.15, 0.2) is 40.8 Å². The highest BCUT2D eigenvalue weighted by Gasteiger charge is 2.16. The second-order valence-corrected chi connectivity index (χ2v) is 7.14. The van der Waals surface area contributed by atoms with Crippen LogP contribution in [0.25, 0.3) is 0 Å². The summed E-state index contributed by atoms with van der Waals surface area (Å²) in [6.45, 7) is 4.55. The van der Waals surface area contributed by atoms with Gasteiger partial charge in [-0.25, -0.2) is 0 Å². The lowest BCUT2D eigenvalue weighted by molar-refractivity contribution is 0.309. The van der Waals surface area contributed by atoms with Gasteiger partial charge in [-0.1, -0.05) is 6.07 Å². The van der Waals surface area contributed by atoms with Gasteiger partial charge in [-0.15, -0.1) is 11.3 Å². The van der Waals surface area contributed by atoms with Crippen molar-refractivity contribution in [2.75, 3.05) is 34.2 Å². The van der Waals surface area contributed by atoms with E-state index in [0.29, 0.717) is 6.04 Å². The fourth-order valence-electron chi connectivity index (χ4n) is 2.61. The van der Waals surface area contributed by atoms with Gasteiger partial charge in [-0.2, -0.15) is 0 Å². The van der Waals surface area contributed by atoms with Crippen molar-refractivity contribution in [3.8, 4) is 0 Å². The van der Waals surface area contributed by atoms with Gasteiger partial charge in [-0.3, -0.25) is 4.99 Å². The van der Waals surface area contributed by atoms with Crippen molar-refractivity contribution < 1.29 is 0 Å². The quantitative estimate of drug-likeness (QED) is 0.618. The number of aromatic nitrogens is 1. The van der Waals surface area contributed by atoms with E-state index in [1.165, 1.54) is 10.6 Å². The maximum atomic E-state index is 4.89. The summed E-state index contributed by atoms with van der Waals surface area (Å²) in [6.07, 6.45) is 2.08. The zero-order chi connectivity index (χ0) is 17.5. The molecule has 6 heteroatoms. The van der Waals surface area contributed by atoms with Gasteiger partial charge in [0.05, 0.1) is 19.1 Å². The van der Waals surface area contributed by atoms with E-state index in [9.17, 15) is 0 Å². The number of aliphatic imine (C=N–C) groups is 1. The monoisotopic (exact) mass is 347 g/mol. The van der Waals surface area contributed by atoms with Gasteiger partial charge in [0, 0.05) is 37.4 Å². The summed E-state index contributed by atoms with van der Waals surface area (Å²) in [4.78, 5) is 10.7. The molecular formula is C18H29N5S. The summed E-state index contributed by atoms with van der Waals surface area (Å²) < 4.78 is 2.15. The Morgan fingerprint density at radius 2 is 2.08 bits per heavy atom. The van der Waals surface area contributed by atoms with Crippen molar-refractivity contribution in [2.24, 2.45) is 12.0 Å². The average Bonchev–Trinajstić information content (AvgIpc) is 3.19. The number of nitrogens with one attached hydrogen (secondary N) is 1. The van der Waals surface area contributed by atoms with Crippen molar-refractivity contribution in [1.29, 1.82) is 0 Å². The van der Waals surface area contributed by atoms with E-state index in [4.69, 9.17) is 4.99 Å². The molecule has 0 saturated carbocycles. The van der Waals surface area contributed by atoms with Gasteiger partial charge in [0.1, 0.15) is 0 Å². The number of guanidine groups is 1. The molecule has 0 saturated heterocycles. The first-order valence-electron chi connectivity index (χ1n) is 8.32. The van der Waals surface area contributed by atoms with Crippen molar-refractivity contribution in [2.45, 2.75) is 19.5 Å². The Morgan fingerprint density at radius 3 is 2.62 bits per heavy atom. The van der Waals surface area contributed by atoms with Crippen LogP contribution in [-0.4, -0.2) is 54.6 Å². The fourth-order valence-corrected chi connectivity index (χ4v) is 3.52. The van der Waals surface area contributed by atoms with Gasteiger partial charge in [0.2, 0.25) is 0 Å². The van der Waals surface area contributed by atoms with Gasteiger partial charge in [0.25, 0.3) is 0 Å². The first-order chi connectivity index (χ1) is 11.5. The van der Waals surface area contributed by atoms with Crippen molar-refractivity contribution in [3.05, 3.63) is 46.4 Å². The Labute approximate surface area is 149 Å². The molecule has 0 bridgehead atoms. The van der Waals surface area contributed by atoms with Crippen LogP contribution >= 0.6 is 11.3 Å². The molecule has 1 atom stereocenters. The van der Waals surface area contributed by atoms with Crippen molar-refractivity contribution >= 4 is 17.3 Å². The van der Waals surface area contributed by atoms with Crippen LogP contribution < -0.4 is 5.32 Å². The molecule has 0 aliphatic rings. The highest BCUT2D eigenvalue weighted by atomic mass is 32.1. The van der Waals surface area contributed by atoms with Crippen LogP contribution in [0.4, 0.5) is 0 Å². The zero-order valence-corrected chi connectivity index (χ0v) is 16.2. The Balaban J connectivity index is 2.10. The SMILES string of the molecule is CCNC(=NCC(c1cccs1)N(C)C)N(C)Cc1cccn1C. The predicted molar refractivity (Wildman–Crippen MR) is 104 cm³/mol. The van der Waals surface area contributed by atoms with Crippen LogP contribution in [0.1, 0.15) is 23.5 Å². The normalized spacial score (nSPS) is 13.3. The molecule has 0 aliphatic carbocycles. The number of nitrogens with zero attached hydrogens (tertiary/aromatic N) is 4. The van der Waals surface area contributed by atoms with Crippen LogP contribution in [0.3, 0.4) is 0 Å². The number of likely N-dealkylation sites (N-methyl/N-ethyl adjacent to an activating group) is 1. The molecule has 0 fully saturated rings. The summed E-state index contributed by atoms with van der Waals surface area (Å²) >= 11 is 1.79. The van der Waals surface area contributed by atoms with Gasteiger partial charge < -0.3 is 19.7 Å². The molecular weight excluding hydrogens is 318 g/mol. The van der Waals surface area contributed by atoms with Gasteiger partial charge in [0.15, 0.2) is 5.96 Å². The van der Waals surface area contributed by atoms with E-state index in [0.717, 1.165) is 25.6 Å². The smallest absolute Gasteiger partial charge is 0.194 e. The Kier molecular flexibility index (Phi) is 6.87. The summed E-state index contributed by atoms with van der Waals surface area (Å²) in [6, 6.07) is 8.82. The Bertz CT molecular complexity index is 630. The first-order valence-corrected chi connectivity index (χ1v) is 9.20. The number of thiophene rings is 1. The molecule has 0 radical (unpaired) electrons. The molecule has 0 spiro atoms. The lowest BCUT2D eigenvalue weighted by atomic mass is 10.2. The third-order valence-corrected chi connectivity index (χ3v) is 5.03. The molecule has 2 aromatic heterocycles. The standard InChI is InChI=1S/C18H29N5S/c1-6-19-18(23(5)14-15-9-7-11-22(15)4)20-13-16(21(2)3)17-10-8-12-24-17/h7-12,16H,6,13-14H2,1-5H3,(H,19,20). The minimum Gasteiger partial charge on any atom is -0.357 e. The molecule has 1 N–H and O–H groups in total. The molecule has 2 rings (SSSR count). The predicted octanol–water partition coefficient (Wildman–Crippen LogP) is 2.79. The third-order valence-electron chi connectivity index (χ3n) is 4.06. The molecule has 24 heavy (non-hydrogen) atoms. The lowest BCUT2D eigenvalue weighted by Crippen LogP contribution is -2.39. The lowest BCUT2D eigenvalue weighted by Gasteiger charge is -2.25. The molecule has 2 heterocycles. The van der Waals surface area contributed by atoms with E-state index in [-0.39, 0.29) is 0 Å². The molecule has 0 amide bonds. The molecule has 0 aliphatic heterocycles. The summed E-state index contributed by atoms with van der Waals surface area (Å²) in [5, 5.41) is 5.53. The molecule has 2 aromatic rings. The molecule has 132 valence electrons. The van der Waals surface area contributed by atoms with Gasteiger partial charge >= 0.3 is 0 Å². The molecule has 0 aromatic carbocycles. The summed E-state index contributed by atoms with van der Waals surface area (Å²) in [7, 11) is 8.39. The van der Waals surface area contributed by atoms with Crippen LogP contribution in [0.5, 0.6) is 0 Å². The molecule has 5 nitrogen and oxygen atoms in total. The summed E-state index contributed by atoms with van der Waals surface area (Å²) in [5.41, 5.74) is 1.27. The Hall–Kier alpha value is -1.79. The van der Waals surface area contributed by atoms with Gasteiger partial charge in [-0.05, 0) is 44.6 Å². The maximum absolute atomic E-state index is 4.89. The zero-order valence-electron chi connectivity index (χ0n) is 15.4. The van der Waals surface area contributed by atoms with Crippen LogP contribution in [0, 0.1) is 0 Å². The fraction of sp³-hybridized carbons (Fsp3) is 0.500. The minimum atomic E-state index is 0.307. The van der Waals surface area contributed by atoms with E-state index < -0.39 is 0 Å². The number of hydrogen-bond donors (Lipinski definition) is 1. The second-order valence-electron chi connectivity index (χ2n) is 6.16. The van der Waals surface area contributed by atoms with Crippen molar-refractivity contribution in [3.63, 3.8) is 0 Å². The third kappa shape index (κ3) is 4.85. The number of aryl methyl sites for hydroxylation is 1. The largest absolute Gasteiger partial charge is 0.357 e. The van der Waals surface area contributed by atoms with Crippen LogP contribution in [0.2, 0.25) is 0 Å². The van der Waals surface area contributed by atoms with Crippen LogP contribution in [-0.2, 0) is 13.6 Å². The van der Waals surface area contributed by atoms with E-state index in [1.54, 1.807) is 11.3 Å². The number of hydrogen-bond acceptors (Lipinski definition) is 3. The minimum absolute atomic E-state index is 0.307. The molecule has 1 unspecified atom stereocenters. The van der Waals surface area contributed by atoms with E-state index >= 15 is 0 Å². The highest BCUT2D eigenvalue weighted by Crippen LogP contribution is 2.23. The summed E-state index contributed by atoms with van der Waals surface area (Å²) in [5.74, 6) is 0.946. The number of rotatable bonds is 7. The Morgan fingerprint density at radius 1 is 1.29 bits per heavy atom. The topological polar surface area (TPSA) is 35.8 Å². The highest BCUT2D eigenvalue weighted by molar-refractivity contribution is 7.10. The second kappa shape index (κ2) is 8.89. The average molecular weight is 348 g/mol.